The molecule has 0 bridgehead atoms. The summed E-state index contributed by atoms with van der Waals surface area (Å²) in [6.07, 6.45) is 2.79. The minimum atomic E-state index is 0.408. The zero-order valence-electron chi connectivity index (χ0n) is 9.74. The Bertz CT molecular complexity index is 321. The second kappa shape index (κ2) is 5.87. The molecule has 1 aromatic rings. The third kappa shape index (κ3) is 3.22. The molecule has 1 aliphatic rings. The lowest BCUT2D eigenvalue weighted by Crippen LogP contribution is -2.25. The van der Waals surface area contributed by atoms with Crippen LogP contribution in [0, 0.1) is 0 Å². The molecule has 0 radical (unpaired) electrons. The van der Waals surface area contributed by atoms with Gasteiger partial charge in [-0.2, -0.15) is 0 Å². The van der Waals surface area contributed by atoms with E-state index in [0.717, 1.165) is 25.4 Å². The molecule has 0 unspecified atom stereocenters. The predicted molar refractivity (Wildman–Crippen MR) is 63.7 cm³/mol. The Hall–Kier alpha value is -1.06. The molecule has 1 aromatic carbocycles. The molecule has 1 atom stereocenters. The van der Waals surface area contributed by atoms with Gasteiger partial charge in [-0.3, -0.25) is 0 Å². The molecule has 1 N–H and O–H groups in total. The molecule has 3 heteroatoms. The maximum absolute atomic E-state index is 5.55. The predicted octanol–water partition coefficient (Wildman–Crippen LogP) is 1.96. The van der Waals surface area contributed by atoms with E-state index in [0.29, 0.717) is 6.10 Å². The molecule has 1 saturated heterocycles. The molecule has 0 amide bonds. The first-order valence-electron chi connectivity index (χ1n) is 5.84. The van der Waals surface area contributed by atoms with Crippen LogP contribution in [0.1, 0.15) is 18.4 Å². The van der Waals surface area contributed by atoms with E-state index in [9.17, 15) is 0 Å². The van der Waals surface area contributed by atoms with Crippen LogP contribution in [0.4, 0.5) is 0 Å². The van der Waals surface area contributed by atoms with Crippen molar-refractivity contribution in [3.8, 4) is 5.75 Å². The number of benzene rings is 1. The van der Waals surface area contributed by atoms with Crippen LogP contribution >= 0.6 is 0 Å². The zero-order valence-corrected chi connectivity index (χ0v) is 9.74. The molecule has 3 nitrogen and oxygen atoms in total. The fraction of sp³-hybridized carbons (Fsp3) is 0.538. The second-order valence-corrected chi connectivity index (χ2v) is 4.12. The molecular formula is C13H19NO2. The van der Waals surface area contributed by atoms with Crippen LogP contribution < -0.4 is 10.1 Å². The summed E-state index contributed by atoms with van der Waals surface area (Å²) in [7, 11) is 1.69. The Morgan fingerprint density at radius 2 is 2.44 bits per heavy atom. The first-order chi connectivity index (χ1) is 7.88. The SMILES string of the molecule is COc1cccc(CNC[C@@H]2CCCO2)c1. The standard InChI is InChI=1S/C13H19NO2/c1-15-12-5-2-4-11(8-12)9-14-10-13-6-3-7-16-13/h2,4-5,8,13-14H,3,6-7,9-10H2,1H3/t13-/m0/s1. The second-order valence-electron chi connectivity index (χ2n) is 4.12. The highest BCUT2D eigenvalue weighted by Crippen LogP contribution is 2.13. The van der Waals surface area contributed by atoms with E-state index in [4.69, 9.17) is 9.47 Å². The van der Waals surface area contributed by atoms with E-state index in [-0.39, 0.29) is 0 Å². The van der Waals surface area contributed by atoms with Crippen LogP contribution in [0.3, 0.4) is 0 Å². The maximum atomic E-state index is 5.55. The molecule has 2 rings (SSSR count). The molecule has 0 spiro atoms. The lowest BCUT2D eigenvalue weighted by atomic mass is 10.2. The van der Waals surface area contributed by atoms with E-state index in [2.05, 4.69) is 17.4 Å². The number of rotatable bonds is 5. The molecule has 16 heavy (non-hydrogen) atoms. The summed E-state index contributed by atoms with van der Waals surface area (Å²) in [6, 6.07) is 8.14. The summed E-state index contributed by atoms with van der Waals surface area (Å²) in [5, 5.41) is 3.41. The van der Waals surface area contributed by atoms with E-state index in [1.807, 2.05) is 12.1 Å². The van der Waals surface area contributed by atoms with Gasteiger partial charge >= 0.3 is 0 Å². The van der Waals surface area contributed by atoms with Gasteiger partial charge in [-0.05, 0) is 30.5 Å². The van der Waals surface area contributed by atoms with Crippen molar-refractivity contribution >= 4 is 0 Å². The molecule has 0 saturated carbocycles. The van der Waals surface area contributed by atoms with Crippen molar-refractivity contribution in [2.24, 2.45) is 0 Å². The minimum absolute atomic E-state index is 0.408. The third-order valence-electron chi connectivity index (χ3n) is 2.86. The average Bonchev–Trinajstić information content (AvgIpc) is 2.82. The van der Waals surface area contributed by atoms with Crippen molar-refractivity contribution < 1.29 is 9.47 Å². The van der Waals surface area contributed by atoms with Gasteiger partial charge in [-0.15, -0.1) is 0 Å². The fourth-order valence-corrected chi connectivity index (χ4v) is 1.97. The van der Waals surface area contributed by atoms with E-state index >= 15 is 0 Å². The van der Waals surface area contributed by atoms with Crippen molar-refractivity contribution in [2.75, 3.05) is 20.3 Å². The number of ether oxygens (including phenoxy) is 2. The van der Waals surface area contributed by atoms with Crippen molar-refractivity contribution in [3.63, 3.8) is 0 Å². The highest BCUT2D eigenvalue weighted by molar-refractivity contribution is 5.28. The number of hydrogen-bond donors (Lipinski definition) is 1. The molecular weight excluding hydrogens is 202 g/mol. The molecule has 1 fully saturated rings. The monoisotopic (exact) mass is 221 g/mol. The number of hydrogen-bond acceptors (Lipinski definition) is 3. The van der Waals surface area contributed by atoms with Crippen LogP contribution in [0.5, 0.6) is 5.75 Å². The smallest absolute Gasteiger partial charge is 0.119 e. The summed E-state index contributed by atoms with van der Waals surface area (Å²) in [5.74, 6) is 0.913. The molecule has 1 heterocycles. The van der Waals surface area contributed by atoms with Gasteiger partial charge in [0, 0.05) is 19.7 Å². The average molecular weight is 221 g/mol. The van der Waals surface area contributed by atoms with Gasteiger partial charge < -0.3 is 14.8 Å². The van der Waals surface area contributed by atoms with Gasteiger partial charge in [-0.1, -0.05) is 12.1 Å². The zero-order chi connectivity index (χ0) is 11.2. The van der Waals surface area contributed by atoms with Gasteiger partial charge in [-0.25, -0.2) is 0 Å². The Labute approximate surface area is 96.8 Å². The topological polar surface area (TPSA) is 30.5 Å². The van der Waals surface area contributed by atoms with Crippen LogP contribution in [0.15, 0.2) is 24.3 Å². The Morgan fingerprint density at radius 1 is 1.50 bits per heavy atom. The molecule has 88 valence electrons. The highest BCUT2D eigenvalue weighted by atomic mass is 16.5. The normalized spacial score (nSPS) is 19.9. The number of nitrogens with one attached hydrogen (secondary N) is 1. The van der Waals surface area contributed by atoms with Crippen molar-refractivity contribution in [1.82, 2.24) is 5.32 Å². The van der Waals surface area contributed by atoms with Crippen LogP contribution in [-0.4, -0.2) is 26.4 Å². The Balaban J connectivity index is 1.75. The summed E-state index contributed by atoms with van der Waals surface area (Å²) in [6.45, 7) is 2.74. The summed E-state index contributed by atoms with van der Waals surface area (Å²) < 4.78 is 10.7. The van der Waals surface area contributed by atoms with Gasteiger partial charge in [0.2, 0.25) is 0 Å². The van der Waals surface area contributed by atoms with Crippen molar-refractivity contribution in [3.05, 3.63) is 29.8 Å². The van der Waals surface area contributed by atoms with Crippen molar-refractivity contribution in [1.29, 1.82) is 0 Å². The van der Waals surface area contributed by atoms with Gasteiger partial charge in [0.25, 0.3) is 0 Å². The summed E-state index contributed by atoms with van der Waals surface area (Å²) >= 11 is 0. The molecule has 0 aromatic heterocycles. The Kier molecular flexibility index (Phi) is 4.19. The van der Waals surface area contributed by atoms with Crippen LogP contribution in [0.25, 0.3) is 0 Å². The van der Waals surface area contributed by atoms with Crippen molar-refractivity contribution in [2.45, 2.75) is 25.5 Å². The summed E-state index contributed by atoms with van der Waals surface area (Å²) in [4.78, 5) is 0. The lowest BCUT2D eigenvalue weighted by molar-refractivity contribution is 0.110. The Morgan fingerprint density at radius 3 is 3.19 bits per heavy atom. The lowest BCUT2D eigenvalue weighted by Gasteiger charge is -2.11. The third-order valence-corrected chi connectivity index (χ3v) is 2.86. The maximum Gasteiger partial charge on any atom is 0.119 e. The first-order valence-corrected chi connectivity index (χ1v) is 5.84. The largest absolute Gasteiger partial charge is 0.497 e. The fourth-order valence-electron chi connectivity index (χ4n) is 1.97. The van der Waals surface area contributed by atoms with Crippen LogP contribution in [0.2, 0.25) is 0 Å². The van der Waals surface area contributed by atoms with E-state index in [1.54, 1.807) is 7.11 Å². The van der Waals surface area contributed by atoms with Crippen LogP contribution in [-0.2, 0) is 11.3 Å². The number of methoxy groups -OCH3 is 1. The quantitative estimate of drug-likeness (QED) is 0.824. The highest BCUT2D eigenvalue weighted by Gasteiger charge is 2.14. The summed E-state index contributed by atoms with van der Waals surface area (Å²) in [5.41, 5.74) is 1.25. The first kappa shape index (κ1) is 11.4. The van der Waals surface area contributed by atoms with Gasteiger partial charge in [0.05, 0.1) is 13.2 Å². The molecule has 1 aliphatic heterocycles. The minimum Gasteiger partial charge on any atom is -0.497 e. The van der Waals surface area contributed by atoms with E-state index < -0.39 is 0 Å². The van der Waals surface area contributed by atoms with E-state index in [1.165, 1.54) is 18.4 Å². The molecule has 0 aliphatic carbocycles. The van der Waals surface area contributed by atoms with Gasteiger partial charge in [0.15, 0.2) is 0 Å². The van der Waals surface area contributed by atoms with Gasteiger partial charge in [0.1, 0.15) is 5.75 Å².